The second-order valence-corrected chi connectivity index (χ2v) is 5.50. The average molecular weight is 268 g/mol. The highest BCUT2D eigenvalue weighted by molar-refractivity contribution is 9.10. The summed E-state index contributed by atoms with van der Waals surface area (Å²) in [5.41, 5.74) is 0. The lowest BCUT2D eigenvalue weighted by molar-refractivity contribution is 0.438. The number of rotatable bonds is 2. The summed E-state index contributed by atoms with van der Waals surface area (Å²) in [6.45, 7) is 0. The van der Waals surface area contributed by atoms with Gasteiger partial charge in [-0.2, -0.15) is 0 Å². The van der Waals surface area contributed by atoms with Crippen molar-refractivity contribution in [3.63, 3.8) is 0 Å². The molecule has 3 atom stereocenters. The zero-order valence-electron chi connectivity index (χ0n) is 8.49. The number of fused-ring (bicyclic) bond motifs is 2. The van der Waals surface area contributed by atoms with Crippen molar-refractivity contribution in [2.45, 2.75) is 31.7 Å². The van der Waals surface area contributed by atoms with Gasteiger partial charge in [-0.3, -0.25) is 0 Å². The molecule has 0 amide bonds. The average Bonchev–Trinajstić information content (AvgIpc) is 2.83. The molecule has 1 aromatic rings. The van der Waals surface area contributed by atoms with Gasteiger partial charge in [0.1, 0.15) is 12.1 Å². The molecule has 2 aliphatic carbocycles. The number of aromatic nitrogens is 2. The molecule has 3 unspecified atom stereocenters. The first kappa shape index (κ1) is 9.58. The Balaban J connectivity index is 1.73. The van der Waals surface area contributed by atoms with E-state index in [-0.39, 0.29) is 0 Å². The quantitative estimate of drug-likeness (QED) is 0.896. The van der Waals surface area contributed by atoms with Crippen molar-refractivity contribution in [2.24, 2.45) is 11.8 Å². The van der Waals surface area contributed by atoms with Crippen LogP contribution >= 0.6 is 15.9 Å². The Morgan fingerprint density at radius 1 is 1.33 bits per heavy atom. The largest absolute Gasteiger partial charge is 0.366 e. The smallest absolute Gasteiger partial charge is 0.143 e. The summed E-state index contributed by atoms with van der Waals surface area (Å²) >= 11 is 3.47. The Morgan fingerprint density at radius 2 is 2.27 bits per heavy atom. The summed E-state index contributed by atoms with van der Waals surface area (Å²) in [7, 11) is 0. The van der Waals surface area contributed by atoms with Gasteiger partial charge in [0.2, 0.25) is 0 Å². The molecule has 0 saturated heterocycles. The highest BCUT2D eigenvalue weighted by atomic mass is 79.9. The summed E-state index contributed by atoms with van der Waals surface area (Å²) in [6.07, 6.45) is 8.96. The third-order valence-electron chi connectivity index (χ3n) is 3.73. The van der Waals surface area contributed by atoms with E-state index in [0.717, 1.165) is 22.1 Å². The van der Waals surface area contributed by atoms with Crippen LogP contribution in [0.4, 0.5) is 5.82 Å². The lowest BCUT2D eigenvalue weighted by atomic mass is 9.95. The van der Waals surface area contributed by atoms with Crippen molar-refractivity contribution in [1.29, 1.82) is 0 Å². The molecule has 2 saturated carbocycles. The maximum Gasteiger partial charge on any atom is 0.143 e. The lowest BCUT2D eigenvalue weighted by Crippen LogP contribution is -2.26. The van der Waals surface area contributed by atoms with Crippen LogP contribution in [0.25, 0.3) is 0 Å². The Morgan fingerprint density at radius 3 is 2.93 bits per heavy atom. The normalized spacial score (nSPS) is 33.3. The number of nitrogens with one attached hydrogen (secondary N) is 1. The van der Waals surface area contributed by atoms with Gasteiger partial charge in [0.25, 0.3) is 0 Å². The highest BCUT2D eigenvalue weighted by Gasteiger charge is 2.39. The van der Waals surface area contributed by atoms with Gasteiger partial charge in [0, 0.05) is 12.2 Å². The molecule has 3 nitrogen and oxygen atoms in total. The van der Waals surface area contributed by atoms with Gasteiger partial charge in [-0.1, -0.05) is 6.42 Å². The fourth-order valence-electron chi connectivity index (χ4n) is 3.02. The highest BCUT2D eigenvalue weighted by Crippen LogP contribution is 2.45. The van der Waals surface area contributed by atoms with Crippen LogP contribution in [-0.4, -0.2) is 16.0 Å². The molecule has 0 aromatic carbocycles. The van der Waals surface area contributed by atoms with Crippen molar-refractivity contribution >= 4 is 21.7 Å². The number of nitrogens with zero attached hydrogens (tertiary/aromatic N) is 2. The van der Waals surface area contributed by atoms with Crippen LogP contribution in [0.1, 0.15) is 25.7 Å². The lowest BCUT2D eigenvalue weighted by Gasteiger charge is -2.23. The minimum atomic E-state index is 0.634. The van der Waals surface area contributed by atoms with Crippen molar-refractivity contribution in [1.82, 2.24) is 9.97 Å². The minimum absolute atomic E-state index is 0.634. The fraction of sp³-hybridized carbons (Fsp3) is 0.636. The zero-order chi connectivity index (χ0) is 10.3. The molecular weight excluding hydrogens is 254 g/mol. The maximum absolute atomic E-state index is 4.26. The first-order chi connectivity index (χ1) is 7.33. The minimum Gasteiger partial charge on any atom is -0.366 e. The fourth-order valence-corrected chi connectivity index (χ4v) is 3.35. The van der Waals surface area contributed by atoms with Crippen LogP contribution in [0.3, 0.4) is 0 Å². The topological polar surface area (TPSA) is 37.8 Å². The number of hydrogen-bond acceptors (Lipinski definition) is 3. The molecule has 2 bridgehead atoms. The van der Waals surface area contributed by atoms with Gasteiger partial charge in [-0.05, 0) is 47.0 Å². The van der Waals surface area contributed by atoms with E-state index in [2.05, 4.69) is 31.2 Å². The van der Waals surface area contributed by atoms with E-state index in [1.165, 1.54) is 25.7 Å². The van der Waals surface area contributed by atoms with Crippen LogP contribution in [0.15, 0.2) is 17.0 Å². The first-order valence-corrected chi connectivity index (χ1v) is 6.34. The van der Waals surface area contributed by atoms with E-state index >= 15 is 0 Å². The number of halogens is 1. The Bertz CT molecular complexity index is 369. The van der Waals surface area contributed by atoms with Gasteiger partial charge >= 0.3 is 0 Å². The molecular formula is C11H14BrN3. The summed E-state index contributed by atoms with van der Waals surface area (Å²) in [6, 6.07) is 0.634. The van der Waals surface area contributed by atoms with Gasteiger partial charge < -0.3 is 5.32 Å². The SMILES string of the molecule is Brc1cncnc1NC1CC2CCC1C2. The molecule has 1 aromatic heterocycles. The van der Waals surface area contributed by atoms with Gasteiger partial charge in [-0.25, -0.2) is 9.97 Å². The molecule has 80 valence electrons. The van der Waals surface area contributed by atoms with Crippen molar-refractivity contribution in [3.05, 3.63) is 17.0 Å². The van der Waals surface area contributed by atoms with Crippen molar-refractivity contribution < 1.29 is 0 Å². The molecule has 2 aliphatic rings. The summed E-state index contributed by atoms with van der Waals surface area (Å²) in [5.74, 6) is 2.78. The van der Waals surface area contributed by atoms with E-state index < -0.39 is 0 Å². The van der Waals surface area contributed by atoms with Gasteiger partial charge in [0.15, 0.2) is 0 Å². The monoisotopic (exact) mass is 267 g/mol. The molecule has 0 spiro atoms. The van der Waals surface area contributed by atoms with Crippen LogP contribution in [0, 0.1) is 11.8 Å². The van der Waals surface area contributed by atoms with Crippen LogP contribution in [0.5, 0.6) is 0 Å². The molecule has 4 heteroatoms. The first-order valence-electron chi connectivity index (χ1n) is 5.55. The second-order valence-electron chi connectivity index (χ2n) is 4.64. The van der Waals surface area contributed by atoms with Crippen LogP contribution < -0.4 is 5.32 Å². The second kappa shape index (κ2) is 3.74. The third-order valence-corrected chi connectivity index (χ3v) is 4.31. The van der Waals surface area contributed by atoms with Crippen LogP contribution in [-0.2, 0) is 0 Å². The summed E-state index contributed by atoms with van der Waals surface area (Å²) < 4.78 is 0.966. The Hall–Kier alpha value is -0.640. The molecule has 2 fully saturated rings. The standard InChI is InChI=1S/C11H14BrN3/c12-9-5-13-6-14-11(9)15-10-4-7-1-2-8(10)3-7/h5-8,10H,1-4H2,(H,13,14,15). The Labute approximate surface area is 97.8 Å². The van der Waals surface area contributed by atoms with E-state index in [0.29, 0.717) is 6.04 Å². The molecule has 3 rings (SSSR count). The van der Waals surface area contributed by atoms with Crippen molar-refractivity contribution in [2.75, 3.05) is 5.32 Å². The van der Waals surface area contributed by atoms with Crippen molar-refractivity contribution in [3.8, 4) is 0 Å². The number of anilines is 1. The van der Waals surface area contributed by atoms with E-state index in [4.69, 9.17) is 0 Å². The zero-order valence-corrected chi connectivity index (χ0v) is 10.1. The van der Waals surface area contributed by atoms with E-state index in [1.54, 1.807) is 12.5 Å². The molecule has 1 N–H and O–H groups in total. The van der Waals surface area contributed by atoms with E-state index in [1.807, 2.05) is 0 Å². The van der Waals surface area contributed by atoms with Crippen LogP contribution in [0.2, 0.25) is 0 Å². The van der Waals surface area contributed by atoms with Gasteiger partial charge in [0.05, 0.1) is 4.47 Å². The predicted octanol–water partition coefficient (Wildman–Crippen LogP) is 2.84. The van der Waals surface area contributed by atoms with Gasteiger partial charge in [-0.15, -0.1) is 0 Å². The number of hydrogen-bond donors (Lipinski definition) is 1. The predicted molar refractivity (Wildman–Crippen MR) is 62.6 cm³/mol. The molecule has 0 radical (unpaired) electrons. The Kier molecular flexibility index (Phi) is 2.39. The molecule has 0 aliphatic heterocycles. The summed E-state index contributed by atoms with van der Waals surface area (Å²) in [4.78, 5) is 8.23. The maximum atomic E-state index is 4.26. The molecule has 1 heterocycles. The third kappa shape index (κ3) is 1.75. The molecule has 15 heavy (non-hydrogen) atoms. The summed E-state index contributed by atoms with van der Waals surface area (Å²) in [5, 5.41) is 3.54. The van der Waals surface area contributed by atoms with E-state index in [9.17, 15) is 0 Å².